The number of imidazole rings is 1. The molecule has 1 aromatic heterocycles. The number of hydrogen-bond acceptors (Lipinski definition) is 4. The molecule has 0 saturated heterocycles. The number of hydrogen-bond donors (Lipinski definition) is 3. The number of benzene rings is 2. The smallest absolute Gasteiger partial charge is 0.407 e. The zero-order chi connectivity index (χ0) is 19.8. The first-order valence-corrected chi connectivity index (χ1v) is 9.30. The molecule has 1 heterocycles. The Morgan fingerprint density at radius 2 is 1.86 bits per heavy atom. The highest BCUT2D eigenvalue weighted by Gasteiger charge is 2.13. The van der Waals surface area contributed by atoms with E-state index < -0.39 is 6.09 Å². The predicted molar refractivity (Wildman–Crippen MR) is 107 cm³/mol. The predicted octanol–water partition coefficient (Wildman–Crippen LogP) is 3.45. The molecule has 0 saturated carbocycles. The first-order valence-electron chi connectivity index (χ1n) is 9.30. The summed E-state index contributed by atoms with van der Waals surface area (Å²) in [7, 11) is 0. The second kappa shape index (κ2) is 9.55. The molecule has 3 rings (SSSR count). The van der Waals surface area contributed by atoms with Crippen molar-refractivity contribution in [2.24, 2.45) is 0 Å². The van der Waals surface area contributed by atoms with Crippen LogP contribution in [0.5, 0.6) is 0 Å². The molecule has 3 N–H and O–H groups in total. The first-order chi connectivity index (χ1) is 13.6. The number of H-pyrrole nitrogens is 1. The molecule has 0 aliphatic rings. The molecule has 1 atom stereocenters. The van der Waals surface area contributed by atoms with E-state index in [1.54, 1.807) is 0 Å². The molecule has 2 amide bonds. The third-order valence-corrected chi connectivity index (χ3v) is 4.26. The number of aromatic nitrogens is 2. The standard InChI is InChI=1S/C21H24N4O3/c1-15(20-24-17-10-5-6-11-18(17)25-20)23-19(26)12-7-13-22-21(27)28-14-16-8-3-2-4-9-16/h2-6,8-11,15H,7,12-14H2,1H3,(H,22,27)(H,23,26)(H,24,25). The van der Waals surface area contributed by atoms with E-state index in [4.69, 9.17) is 4.74 Å². The number of nitrogens with one attached hydrogen (secondary N) is 3. The molecule has 2 aromatic carbocycles. The van der Waals surface area contributed by atoms with Crippen LogP contribution in [0.1, 0.15) is 37.2 Å². The summed E-state index contributed by atoms with van der Waals surface area (Å²) in [5, 5.41) is 5.57. The fourth-order valence-corrected chi connectivity index (χ4v) is 2.77. The second-order valence-electron chi connectivity index (χ2n) is 6.52. The van der Waals surface area contributed by atoms with Gasteiger partial charge in [-0.15, -0.1) is 0 Å². The Hall–Kier alpha value is -3.35. The fourth-order valence-electron chi connectivity index (χ4n) is 2.77. The van der Waals surface area contributed by atoms with E-state index in [9.17, 15) is 9.59 Å². The fraction of sp³-hybridized carbons (Fsp3) is 0.286. The zero-order valence-electron chi connectivity index (χ0n) is 15.8. The van der Waals surface area contributed by atoms with Gasteiger partial charge in [0, 0.05) is 13.0 Å². The molecule has 3 aromatic rings. The minimum atomic E-state index is -0.486. The van der Waals surface area contributed by atoms with Gasteiger partial charge < -0.3 is 20.4 Å². The van der Waals surface area contributed by atoms with Crippen molar-refractivity contribution in [1.29, 1.82) is 0 Å². The Morgan fingerprint density at radius 3 is 2.64 bits per heavy atom. The number of rotatable bonds is 8. The van der Waals surface area contributed by atoms with Crippen molar-refractivity contribution in [2.75, 3.05) is 6.54 Å². The maximum atomic E-state index is 12.1. The summed E-state index contributed by atoms with van der Waals surface area (Å²) < 4.78 is 5.12. The Kier molecular flexibility index (Phi) is 6.62. The summed E-state index contributed by atoms with van der Waals surface area (Å²) in [6, 6.07) is 17.0. The van der Waals surface area contributed by atoms with Gasteiger partial charge in [0.15, 0.2) is 0 Å². The molecule has 0 aliphatic carbocycles. The SMILES string of the molecule is CC(NC(=O)CCCNC(=O)OCc1ccccc1)c1nc2ccccc2[nH]1. The number of ether oxygens (including phenoxy) is 1. The number of carbonyl (C=O) groups excluding carboxylic acids is 2. The minimum absolute atomic E-state index is 0.0904. The van der Waals surface area contributed by atoms with Crippen LogP contribution in [0.3, 0.4) is 0 Å². The zero-order valence-corrected chi connectivity index (χ0v) is 15.8. The molecule has 0 bridgehead atoms. The summed E-state index contributed by atoms with van der Waals surface area (Å²) in [6.07, 6.45) is 0.350. The number of fused-ring (bicyclic) bond motifs is 1. The highest BCUT2D eigenvalue weighted by molar-refractivity contribution is 5.77. The van der Waals surface area contributed by atoms with Crippen LogP contribution < -0.4 is 10.6 Å². The number of alkyl carbamates (subject to hydrolysis) is 1. The van der Waals surface area contributed by atoms with Crippen molar-refractivity contribution in [3.8, 4) is 0 Å². The highest BCUT2D eigenvalue weighted by Crippen LogP contribution is 2.15. The van der Waals surface area contributed by atoms with Gasteiger partial charge in [-0.25, -0.2) is 9.78 Å². The number of aromatic amines is 1. The molecule has 0 aliphatic heterocycles. The molecule has 146 valence electrons. The van der Waals surface area contributed by atoms with Gasteiger partial charge in [0.25, 0.3) is 0 Å². The molecule has 7 nitrogen and oxygen atoms in total. The lowest BCUT2D eigenvalue weighted by atomic mass is 10.2. The molecule has 1 unspecified atom stereocenters. The number of nitrogens with zero attached hydrogens (tertiary/aromatic N) is 1. The minimum Gasteiger partial charge on any atom is -0.445 e. The Morgan fingerprint density at radius 1 is 1.11 bits per heavy atom. The van der Waals surface area contributed by atoms with Crippen LogP contribution in [0.4, 0.5) is 4.79 Å². The third kappa shape index (κ3) is 5.57. The number of carbonyl (C=O) groups is 2. The van der Waals surface area contributed by atoms with Crippen molar-refractivity contribution < 1.29 is 14.3 Å². The molecule has 0 fully saturated rings. The number of amides is 2. The molecule has 0 spiro atoms. The van der Waals surface area contributed by atoms with E-state index in [1.807, 2.05) is 61.5 Å². The molecule has 7 heteroatoms. The maximum absolute atomic E-state index is 12.1. The Labute approximate surface area is 163 Å². The monoisotopic (exact) mass is 380 g/mol. The average molecular weight is 380 g/mol. The summed E-state index contributed by atoms with van der Waals surface area (Å²) in [6.45, 7) is 2.48. The van der Waals surface area contributed by atoms with Crippen molar-refractivity contribution in [3.63, 3.8) is 0 Å². The maximum Gasteiger partial charge on any atom is 0.407 e. The second-order valence-corrected chi connectivity index (χ2v) is 6.52. The largest absolute Gasteiger partial charge is 0.445 e. The number of para-hydroxylation sites is 2. The Balaban J connectivity index is 1.33. The van der Waals surface area contributed by atoms with Gasteiger partial charge in [0.2, 0.25) is 5.91 Å². The van der Waals surface area contributed by atoms with Crippen molar-refractivity contribution in [3.05, 3.63) is 66.0 Å². The van der Waals surface area contributed by atoms with E-state index in [2.05, 4.69) is 20.6 Å². The lowest BCUT2D eigenvalue weighted by molar-refractivity contribution is -0.121. The summed E-state index contributed by atoms with van der Waals surface area (Å²) in [5.41, 5.74) is 2.74. The summed E-state index contributed by atoms with van der Waals surface area (Å²) in [4.78, 5) is 31.5. The van der Waals surface area contributed by atoms with Gasteiger partial charge in [-0.3, -0.25) is 4.79 Å². The van der Waals surface area contributed by atoms with Gasteiger partial charge in [-0.1, -0.05) is 42.5 Å². The van der Waals surface area contributed by atoms with Crippen LogP contribution in [0.25, 0.3) is 11.0 Å². The van der Waals surface area contributed by atoms with Crippen molar-refractivity contribution in [1.82, 2.24) is 20.6 Å². The molecule has 28 heavy (non-hydrogen) atoms. The van der Waals surface area contributed by atoms with Gasteiger partial charge in [0.05, 0.1) is 17.1 Å². The van der Waals surface area contributed by atoms with E-state index in [1.165, 1.54) is 0 Å². The van der Waals surface area contributed by atoms with Crippen LogP contribution >= 0.6 is 0 Å². The topological polar surface area (TPSA) is 96.1 Å². The van der Waals surface area contributed by atoms with Crippen LogP contribution in [0, 0.1) is 0 Å². The van der Waals surface area contributed by atoms with E-state index in [0.717, 1.165) is 22.4 Å². The highest BCUT2D eigenvalue weighted by atomic mass is 16.5. The first kappa shape index (κ1) is 19.4. The third-order valence-electron chi connectivity index (χ3n) is 4.26. The lowest BCUT2D eigenvalue weighted by Crippen LogP contribution is -2.29. The summed E-state index contributed by atoms with van der Waals surface area (Å²) in [5.74, 6) is 0.629. The molecular formula is C21H24N4O3. The molecule has 0 radical (unpaired) electrons. The van der Waals surface area contributed by atoms with E-state index >= 15 is 0 Å². The summed E-state index contributed by atoms with van der Waals surface area (Å²) >= 11 is 0. The van der Waals surface area contributed by atoms with Crippen LogP contribution in [-0.2, 0) is 16.1 Å². The average Bonchev–Trinajstić information content (AvgIpc) is 3.15. The lowest BCUT2D eigenvalue weighted by Gasteiger charge is -2.11. The Bertz CT molecular complexity index is 891. The van der Waals surface area contributed by atoms with Crippen LogP contribution in [0.15, 0.2) is 54.6 Å². The van der Waals surface area contributed by atoms with Crippen LogP contribution in [-0.4, -0.2) is 28.5 Å². The van der Waals surface area contributed by atoms with Crippen LogP contribution in [0.2, 0.25) is 0 Å². The van der Waals surface area contributed by atoms with Gasteiger partial charge in [-0.2, -0.15) is 0 Å². The normalized spacial score (nSPS) is 11.8. The molecular weight excluding hydrogens is 356 g/mol. The van der Waals surface area contributed by atoms with E-state index in [0.29, 0.717) is 19.4 Å². The quantitative estimate of drug-likeness (QED) is 0.522. The van der Waals surface area contributed by atoms with Gasteiger partial charge in [0.1, 0.15) is 12.4 Å². The van der Waals surface area contributed by atoms with E-state index in [-0.39, 0.29) is 18.6 Å². The van der Waals surface area contributed by atoms with Crippen molar-refractivity contribution >= 4 is 23.0 Å². The van der Waals surface area contributed by atoms with Crippen molar-refractivity contribution in [2.45, 2.75) is 32.4 Å². The van der Waals surface area contributed by atoms with Gasteiger partial charge in [-0.05, 0) is 31.0 Å². The van der Waals surface area contributed by atoms with Gasteiger partial charge >= 0.3 is 6.09 Å².